The van der Waals surface area contributed by atoms with Crippen LogP contribution in [0.2, 0.25) is 0 Å². The van der Waals surface area contributed by atoms with Crippen molar-refractivity contribution in [1.29, 1.82) is 0 Å². The fraction of sp³-hybridized carbons (Fsp3) is 0.500. The van der Waals surface area contributed by atoms with Gasteiger partial charge in [0, 0.05) is 25.2 Å². The molecule has 1 aromatic rings. The largest absolute Gasteiger partial charge is 0.395 e. The first-order valence-corrected chi connectivity index (χ1v) is 5.86. The zero-order valence-corrected chi connectivity index (χ0v) is 9.99. The Morgan fingerprint density at radius 1 is 1.44 bits per heavy atom. The van der Waals surface area contributed by atoms with Gasteiger partial charge in [0.2, 0.25) is 0 Å². The van der Waals surface area contributed by atoms with E-state index in [-0.39, 0.29) is 18.3 Å². The van der Waals surface area contributed by atoms with Crippen LogP contribution in [0.1, 0.15) is 5.56 Å². The van der Waals surface area contributed by atoms with E-state index in [9.17, 15) is 15.2 Å². The van der Waals surface area contributed by atoms with E-state index in [2.05, 4.69) is 4.90 Å². The number of non-ortho nitro benzene ring substituents is 1. The van der Waals surface area contributed by atoms with Gasteiger partial charge in [0.15, 0.2) is 0 Å². The quantitative estimate of drug-likeness (QED) is 0.633. The van der Waals surface area contributed by atoms with Gasteiger partial charge in [0.05, 0.1) is 30.8 Å². The predicted molar refractivity (Wildman–Crippen MR) is 65.2 cm³/mol. The molecule has 1 aliphatic rings. The maximum Gasteiger partial charge on any atom is 0.269 e. The molecule has 1 aliphatic heterocycles. The average molecular weight is 252 g/mol. The zero-order chi connectivity index (χ0) is 13.0. The second-order valence-corrected chi connectivity index (χ2v) is 4.31. The highest BCUT2D eigenvalue weighted by atomic mass is 16.6. The van der Waals surface area contributed by atoms with Crippen LogP contribution in [-0.4, -0.2) is 47.3 Å². The first kappa shape index (κ1) is 12.9. The van der Waals surface area contributed by atoms with Crippen LogP contribution in [0.25, 0.3) is 0 Å². The molecule has 0 saturated carbocycles. The van der Waals surface area contributed by atoms with Crippen molar-refractivity contribution in [1.82, 2.24) is 4.90 Å². The molecule has 0 bridgehead atoms. The molecular formula is C12H16N2O4. The van der Waals surface area contributed by atoms with Crippen LogP contribution in [-0.2, 0) is 11.3 Å². The van der Waals surface area contributed by atoms with Gasteiger partial charge < -0.3 is 9.84 Å². The molecule has 1 saturated heterocycles. The van der Waals surface area contributed by atoms with Crippen LogP contribution in [0.4, 0.5) is 5.69 Å². The van der Waals surface area contributed by atoms with E-state index < -0.39 is 4.92 Å². The Kier molecular flexibility index (Phi) is 4.24. The lowest BCUT2D eigenvalue weighted by Gasteiger charge is -2.34. The summed E-state index contributed by atoms with van der Waals surface area (Å²) >= 11 is 0. The third kappa shape index (κ3) is 3.04. The van der Waals surface area contributed by atoms with E-state index in [0.717, 1.165) is 12.1 Å². The highest BCUT2D eigenvalue weighted by Gasteiger charge is 2.22. The monoisotopic (exact) mass is 252 g/mol. The van der Waals surface area contributed by atoms with Crippen LogP contribution >= 0.6 is 0 Å². The number of rotatable bonds is 4. The maximum atomic E-state index is 10.5. The average Bonchev–Trinajstić information content (AvgIpc) is 2.40. The number of nitro groups is 1. The van der Waals surface area contributed by atoms with Gasteiger partial charge in [-0.2, -0.15) is 0 Å². The SMILES string of the molecule is O=[N+]([O-])c1ccc(CN2CCOCC2CO)cc1. The van der Waals surface area contributed by atoms with Gasteiger partial charge in [-0.3, -0.25) is 15.0 Å². The minimum Gasteiger partial charge on any atom is -0.395 e. The van der Waals surface area contributed by atoms with E-state index >= 15 is 0 Å². The number of benzene rings is 1. The van der Waals surface area contributed by atoms with E-state index in [1.165, 1.54) is 12.1 Å². The summed E-state index contributed by atoms with van der Waals surface area (Å²) in [5, 5.41) is 19.8. The third-order valence-electron chi connectivity index (χ3n) is 3.09. The number of aliphatic hydroxyl groups is 1. The number of hydrogen-bond donors (Lipinski definition) is 1. The highest BCUT2D eigenvalue weighted by molar-refractivity contribution is 5.32. The Morgan fingerprint density at radius 3 is 2.78 bits per heavy atom. The molecule has 1 fully saturated rings. The molecule has 6 heteroatoms. The molecule has 1 aromatic carbocycles. The minimum absolute atomic E-state index is 0.00828. The van der Waals surface area contributed by atoms with Crippen molar-refractivity contribution in [3.05, 3.63) is 39.9 Å². The van der Waals surface area contributed by atoms with Gasteiger partial charge in [0.25, 0.3) is 5.69 Å². The summed E-state index contributed by atoms with van der Waals surface area (Å²) in [4.78, 5) is 12.3. The summed E-state index contributed by atoms with van der Waals surface area (Å²) in [6.07, 6.45) is 0. The second-order valence-electron chi connectivity index (χ2n) is 4.31. The summed E-state index contributed by atoms with van der Waals surface area (Å²) in [6, 6.07) is 6.52. The van der Waals surface area contributed by atoms with Crippen molar-refractivity contribution in [2.75, 3.05) is 26.4 Å². The fourth-order valence-corrected chi connectivity index (χ4v) is 2.02. The smallest absolute Gasteiger partial charge is 0.269 e. The van der Waals surface area contributed by atoms with Crippen molar-refractivity contribution in [2.45, 2.75) is 12.6 Å². The van der Waals surface area contributed by atoms with Gasteiger partial charge in [-0.25, -0.2) is 0 Å². The third-order valence-corrected chi connectivity index (χ3v) is 3.09. The molecule has 1 N–H and O–H groups in total. The van der Waals surface area contributed by atoms with Crippen molar-refractivity contribution in [3.8, 4) is 0 Å². The number of nitro benzene ring substituents is 1. The normalized spacial score (nSPS) is 20.8. The summed E-state index contributed by atoms with van der Waals surface area (Å²) in [7, 11) is 0. The molecule has 2 rings (SSSR count). The van der Waals surface area contributed by atoms with E-state index in [1.807, 2.05) is 0 Å². The van der Waals surface area contributed by atoms with Crippen LogP contribution < -0.4 is 0 Å². The summed E-state index contributed by atoms with van der Waals surface area (Å²) in [6.45, 7) is 2.69. The first-order valence-electron chi connectivity index (χ1n) is 5.86. The number of ether oxygens (including phenoxy) is 1. The van der Waals surface area contributed by atoms with Gasteiger partial charge in [-0.1, -0.05) is 12.1 Å². The fourth-order valence-electron chi connectivity index (χ4n) is 2.02. The van der Waals surface area contributed by atoms with Crippen molar-refractivity contribution in [3.63, 3.8) is 0 Å². The summed E-state index contributed by atoms with van der Waals surface area (Å²) < 4.78 is 5.30. The van der Waals surface area contributed by atoms with E-state index in [0.29, 0.717) is 19.8 Å². The molecule has 0 aromatic heterocycles. The van der Waals surface area contributed by atoms with Crippen LogP contribution in [0.3, 0.4) is 0 Å². The topological polar surface area (TPSA) is 75.8 Å². The summed E-state index contributed by atoms with van der Waals surface area (Å²) in [5.41, 5.74) is 1.10. The Balaban J connectivity index is 2.01. The molecule has 1 atom stereocenters. The second kappa shape index (κ2) is 5.90. The van der Waals surface area contributed by atoms with Gasteiger partial charge in [0.1, 0.15) is 0 Å². The zero-order valence-electron chi connectivity index (χ0n) is 9.99. The molecule has 6 nitrogen and oxygen atoms in total. The maximum absolute atomic E-state index is 10.5. The van der Waals surface area contributed by atoms with Crippen molar-refractivity contribution in [2.24, 2.45) is 0 Å². The molecule has 98 valence electrons. The molecular weight excluding hydrogens is 236 g/mol. The molecule has 0 aliphatic carbocycles. The lowest BCUT2D eigenvalue weighted by atomic mass is 10.1. The molecule has 0 radical (unpaired) electrons. The Bertz CT molecular complexity index is 407. The molecule has 0 amide bonds. The Labute approximate surface area is 105 Å². The van der Waals surface area contributed by atoms with Gasteiger partial charge >= 0.3 is 0 Å². The van der Waals surface area contributed by atoms with Crippen molar-refractivity contribution < 1.29 is 14.8 Å². The number of aliphatic hydroxyl groups excluding tert-OH is 1. The number of nitrogens with zero attached hydrogens (tertiary/aromatic N) is 2. The van der Waals surface area contributed by atoms with Crippen molar-refractivity contribution >= 4 is 5.69 Å². The molecule has 1 unspecified atom stereocenters. The molecule has 18 heavy (non-hydrogen) atoms. The van der Waals surface area contributed by atoms with E-state index in [1.54, 1.807) is 12.1 Å². The number of morpholine rings is 1. The lowest BCUT2D eigenvalue weighted by molar-refractivity contribution is -0.384. The van der Waals surface area contributed by atoms with Crippen LogP contribution in [0, 0.1) is 10.1 Å². The predicted octanol–water partition coefficient (Wildman–Crippen LogP) is 0.788. The van der Waals surface area contributed by atoms with Crippen LogP contribution in [0.15, 0.2) is 24.3 Å². The van der Waals surface area contributed by atoms with E-state index in [4.69, 9.17) is 4.74 Å². The molecule has 1 heterocycles. The lowest BCUT2D eigenvalue weighted by Crippen LogP contribution is -2.46. The Hall–Kier alpha value is -1.50. The van der Waals surface area contributed by atoms with Crippen LogP contribution in [0.5, 0.6) is 0 Å². The standard InChI is InChI=1S/C12H16N2O4/c15-8-12-9-18-6-5-13(12)7-10-1-3-11(4-2-10)14(16)17/h1-4,12,15H,5-9H2. The molecule has 0 spiro atoms. The number of hydrogen-bond acceptors (Lipinski definition) is 5. The van der Waals surface area contributed by atoms with Gasteiger partial charge in [-0.15, -0.1) is 0 Å². The highest BCUT2D eigenvalue weighted by Crippen LogP contribution is 2.16. The minimum atomic E-state index is -0.408. The Morgan fingerprint density at radius 2 is 2.17 bits per heavy atom. The van der Waals surface area contributed by atoms with Gasteiger partial charge in [-0.05, 0) is 5.56 Å². The first-order chi connectivity index (χ1) is 8.70. The summed E-state index contributed by atoms with van der Waals surface area (Å²) in [5.74, 6) is 0.